The van der Waals surface area contributed by atoms with Crippen LogP contribution in [0.5, 0.6) is 11.5 Å². The Labute approximate surface area is 186 Å². The van der Waals surface area contributed by atoms with Crippen molar-refractivity contribution in [3.63, 3.8) is 0 Å². The number of benzene rings is 1. The van der Waals surface area contributed by atoms with Gasteiger partial charge >= 0.3 is 0 Å². The van der Waals surface area contributed by atoms with E-state index in [0.717, 1.165) is 0 Å². The Morgan fingerprint density at radius 2 is 1.81 bits per heavy atom. The summed E-state index contributed by atoms with van der Waals surface area (Å²) < 4.78 is 11.5. The van der Waals surface area contributed by atoms with Gasteiger partial charge < -0.3 is 14.6 Å². The van der Waals surface area contributed by atoms with E-state index in [1.54, 1.807) is 0 Å². The average Bonchev–Trinajstić information content (AvgIpc) is 2.63. The number of Topliss-reactive ketones (excluding diaryl/α,β-unsaturated/α-hetero) is 2. The molecular weight excluding hydrogens is 414 g/mol. The smallest absolute Gasteiger partial charge is 0.273 e. The topological polar surface area (TPSA) is 116 Å². The third kappa shape index (κ3) is 3.70. The molecule has 4 rings (SSSR count). The van der Waals surface area contributed by atoms with Gasteiger partial charge in [0.25, 0.3) is 5.69 Å². The number of carbonyl (C=O) groups excluding carboxylic acids is 2. The first kappa shape index (κ1) is 22.5. The molecule has 0 radical (unpaired) electrons. The van der Waals surface area contributed by atoms with Gasteiger partial charge in [0.05, 0.1) is 30.1 Å². The molecule has 1 aromatic rings. The largest absolute Gasteiger partial charge is 0.493 e. The molecular formula is C24H29NO7. The fourth-order valence-corrected chi connectivity index (χ4v) is 5.55. The number of methoxy groups -OCH3 is 1. The molecule has 1 saturated carbocycles. The van der Waals surface area contributed by atoms with Crippen LogP contribution in [0.4, 0.5) is 5.69 Å². The molecule has 0 saturated heterocycles. The van der Waals surface area contributed by atoms with E-state index in [4.69, 9.17) is 9.47 Å². The number of hydrogen-bond acceptors (Lipinski definition) is 7. The highest BCUT2D eigenvalue weighted by atomic mass is 16.6. The summed E-state index contributed by atoms with van der Waals surface area (Å²) in [5.74, 6) is -1.10. The molecule has 0 amide bonds. The fourth-order valence-electron chi connectivity index (χ4n) is 5.55. The SMILES string of the molecule is COc1cc([N+](=O)[O-])cc2c1OC1=C(C(=O)CC(C)(C)C1)C2C1C(=O)CC(C)(C)CC1O. The second-order valence-corrected chi connectivity index (χ2v) is 10.8. The summed E-state index contributed by atoms with van der Waals surface area (Å²) in [4.78, 5) is 37.7. The van der Waals surface area contributed by atoms with Crippen molar-refractivity contribution >= 4 is 17.3 Å². The minimum Gasteiger partial charge on any atom is -0.493 e. The lowest BCUT2D eigenvalue weighted by molar-refractivity contribution is -0.385. The van der Waals surface area contributed by atoms with E-state index in [0.29, 0.717) is 29.7 Å². The van der Waals surface area contributed by atoms with E-state index in [1.165, 1.54) is 19.2 Å². The predicted octanol–water partition coefficient (Wildman–Crippen LogP) is 4.09. The van der Waals surface area contributed by atoms with Crippen molar-refractivity contribution in [2.45, 2.75) is 65.4 Å². The number of ketones is 2. The monoisotopic (exact) mass is 443 g/mol. The van der Waals surface area contributed by atoms with E-state index in [1.807, 2.05) is 27.7 Å². The lowest BCUT2D eigenvalue weighted by atomic mass is 9.61. The third-order valence-corrected chi connectivity index (χ3v) is 6.81. The number of rotatable bonds is 3. The number of nitrogens with zero attached hydrogens (tertiary/aromatic N) is 1. The van der Waals surface area contributed by atoms with Gasteiger partial charge in [-0.05, 0) is 17.3 Å². The van der Waals surface area contributed by atoms with Crippen molar-refractivity contribution in [3.8, 4) is 11.5 Å². The van der Waals surface area contributed by atoms with E-state index in [9.17, 15) is 24.8 Å². The Hall–Kier alpha value is -2.74. The number of ether oxygens (including phenoxy) is 2. The van der Waals surface area contributed by atoms with Crippen molar-refractivity contribution in [1.29, 1.82) is 0 Å². The van der Waals surface area contributed by atoms with Crippen molar-refractivity contribution < 1.29 is 29.1 Å². The maximum absolute atomic E-state index is 13.3. The maximum Gasteiger partial charge on any atom is 0.273 e. The van der Waals surface area contributed by atoms with Crippen LogP contribution in [0.2, 0.25) is 0 Å². The summed E-state index contributed by atoms with van der Waals surface area (Å²) in [6.45, 7) is 7.79. The minimum atomic E-state index is -0.982. The van der Waals surface area contributed by atoms with Crippen molar-refractivity contribution in [2.24, 2.45) is 16.7 Å². The summed E-state index contributed by atoms with van der Waals surface area (Å²) >= 11 is 0. The summed E-state index contributed by atoms with van der Waals surface area (Å²) in [6.07, 6.45) is 0.423. The molecule has 2 aliphatic carbocycles. The fraction of sp³-hybridized carbons (Fsp3) is 0.583. The first-order valence-corrected chi connectivity index (χ1v) is 10.8. The highest BCUT2D eigenvalue weighted by Crippen LogP contribution is 2.56. The van der Waals surface area contributed by atoms with Gasteiger partial charge in [0, 0.05) is 42.4 Å². The summed E-state index contributed by atoms with van der Waals surface area (Å²) in [5.41, 5.74) is -0.211. The Kier molecular flexibility index (Phi) is 5.19. The lowest BCUT2D eigenvalue weighted by Gasteiger charge is -2.45. The van der Waals surface area contributed by atoms with Crippen molar-refractivity contribution in [2.75, 3.05) is 7.11 Å². The Bertz CT molecular complexity index is 1050. The molecule has 0 aromatic heterocycles. The van der Waals surface area contributed by atoms with Crippen LogP contribution in [0.3, 0.4) is 0 Å². The zero-order valence-corrected chi connectivity index (χ0v) is 19.1. The number of aliphatic hydroxyl groups is 1. The first-order valence-electron chi connectivity index (χ1n) is 10.8. The zero-order chi connectivity index (χ0) is 23.6. The Morgan fingerprint density at radius 1 is 1.12 bits per heavy atom. The lowest BCUT2D eigenvalue weighted by Crippen LogP contribution is -2.46. The van der Waals surface area contributed by atoms with Crippen LogP contribution in [-0.4, -0.2) is 34.8 Å². The van der Waals surface area contributed by atoms with E-state index >= 15 is 0 Å². The number of nitro groups is 1. The normalized spacial score (nSPS) is 28.5. The highest BCUT2D eigenvalue weighted by Gasteiger charge is 2.51. The molecule has 1 heterocycles. The first-order chi connectivity index (χ1) is 14.8. The molecule has 3 aliphatic rings. The van der Waals surface area contributed by atoms with Gasteiger partial charge in [-0.3, -0.25) is 19.7 Å². The third-order valence-electron chi connectivity index (χ3n) is 6.81. The van der Waals surface area contributed by atoms with Crippen LogP contribution in [0.15, 0.2) is 23.5 Å². The quantitative estimate of drug-likeness (QED) is 0.552. The molecule has 32 heavy (non-hydrogen) atoms. The van der Waals surface area contributed by atoms with E-state index in [2.05, 4.69) is 0 Å². The maximum atomic E-state index is 13.3. The number of aliphatic hydroxyl groups excluding tert-OH is 1. The number of allylic oxidation sites excluding steroid dienone is 2. The molecule has 1 aliphatic heterocycles. The second kappa shape index (κ2) is 7.40. The molecule has 1 N–H and O–H groups in total. The molecule has 0 spiro atoms. The standard InChI is InChI=1S/C24H29NO7/c1-23(2)8-14(26)20(15(27)9-23)19-13-6-12(25(29)30)7-17(31-5)22(13)32-18-11-24(3,4)10-16(28)21(18)19/h6-7,14,19-20,26H,8-11H2,1-5H3. The predicted molar refractivity (Wildman–Crippen MR) is 116 cm³/mol. The summed E-state index contributed by atoms with van der Waals surface area (Å²) in [7, 11) is 1.39. The van der Waals surface area contributed by atoms with Gasteiger partial charge in [-0.25, -0.2) is 0 Å². The van der Waals surface area contributed by atoms with Crippen molar-refractivity contribution in [1.82, 2.24) is 0 Å². The molecule has 1 aromatic carbocycles. The Morgan fingerprint density at radius 3 is 2.41 bits per heavy atom. The van der Waals surface area contributed by atoms with Gasteiger partial charge in [0.15, 0.2) is 17.3 Å². The number of fused-ring (bicyclic) bond motifs is 1. The molecule has 3 unspecified atom stereocenters. The van der Waals surface area contributed by atoms with Crippen LogP contribution < -0.4 is 9.47 Å². The molecule has 172 valence electrons. The minimum absolute atomic E-state index is 0.151. The number of nitro benzene ring substituents is 1. The van der Waals surface area contributed by atoms with Crippen LogP contribution in [-0.2, 0) is 9.59 Å². The van der Waals surface area contributed by atoms with Gasteiger partial charge in [0.2, 0.25) is 0 Å². The van der Waals surface area contributed by atoms with Gasteiger partial charge in [-0.2, -0.15) is 0 Å². The summed E-state index contributed by atoms with van der Waals surface area (Å²) in [6, 6.07) is 2.62. The molecule has 3 atom stereocenters. The average molecular weight is 443 g/mol. The van der Waals surface area contributed by atoms with E-state index in [-0.39, 0.29) is 52.4 Å². The van der Waals surface area contributed by atoms with Crippen LogP contribution in [0.25, 0.3) is 0 Å². The number of non-ortho nitro benzene ring substituents is 1. The molecule has 8 nitrogen and oxygen atoms in total. The zero-order valence-electron chi connectivity index (χ0n) is 19.1. The van der Waals surface area contributed by atoms with Gasteiger partial charge in [-0.1, -0.05) is 27.7 Å². The number of hydrogen-bond donors (Lipinski definition) is 1. The van der Waals surface area contributed by atoms with Crippen LogP contribution in [0.1, 0.15) is 64.9 Å². The van der Waals surface area contributed by atoms with E-state index < -0.39 is 22.9 Å². The van der Waals surface area contributed by atoms with Gasteiger partial charge in [0.1, 0.15) is 11.5 Å². The van der Waals surface area contributed by atoms with Crippen LogP contribution in [0, 0.1) is 26.9 Å². The van der Waals surface area contributed by atoms with Gasteiger partial charge in [-0.15, -0.1) is 0 Å². The molecule has 8 heteroatoms. The highest BCUT2D eigenvalue weighted by molar-refractivity contribution is 6.01. The molecule has 0 bridgehead atoms. The Balaban J connectivity index is 1.96. The number of carbonyl (C=O) groups is 2. The summed E-state index contributed by atoms with van der Waals surface area (Å²) in [5, 5.41) is 22.7. The molecule has 1 fully saturated rings. The van der Waals surface area contributed by atoms with Crippen LogP contribution >= 0.6 is 0 Å². The second-order valence-electron chi connectivity index (χ2n) is 10.8. The van der Waals surface area contributed by atoms with Crippen molar-refractivity contribution in [3.05, 3.63) is 39.1 Å².